The SMILES string of the molecule is CCOC(=O)c1c(-c2cccc([N+](=O)[O-])c2)csc1NC(=O)c1cccc(C(=O)OC)c1. The van der Waals surface area contributed by atoms with Crippen molar-refractivity contribution >= 4 is 39.9 Å². The lowest BCUT2D eigenvalue weighted by molar-refractivity contribution is -0.384. The minimum Gasteiger partial charge on any atom is -0.465 e. The fourth-order valence-corrected chi connectivity index (χ4v) is 3.89. The minimum atomic E-state index is -0.672. The van der Waals surface area contributed by atoms with Gasteiger partial charge in [0.1, 0.15) is 10.6 Å². The number of rotatable bonds is 7. The topological polar surface area (TPSA) is 125 Å². The van der Waals surface area contributed by atoms with Crippen molar-refractivity contribution in [3.8, 4) is 11.1 Å². The average molecular weight is 454 g/mol. The van der Waals surface area contributed by atoms with Crippen molar-refractivity contribution < 1.29 is 28.8 Å². The molecular weight excluding hydrogens is 436 g/mol. The first-order chi connectivity index (χ1) is 15.3. The van der Waals surface area contributed by atoms with Crippen molar-refractivity contribution in [1.82, 2.24) is 0 Å². The predicted molar refractivity (Wildman–Crippen MR) is 118 cm³/mol. The second-order valence-electron chi connectivity index (χ2n) is 6.41. The highest BCUT2D eigenvalue weighted by molar-refractivity contribution is 7.15. The molecule has 2 aromatic carbocycles. The fourth-order valence-electron chi connectivity index (χ4n) is 2.94. The molecule has 0 atom stereocenters. The maximum absolute atomic E-state index is 12.8. The third-order valence-electron chi connectivity index (χ3n) is 4.41. The highest BCUT2D eigenvalue weighted by Gasteiger charge is 2.24. The van der Waals surface area contributed by atoms with Gasteiger partial charge in [0.25, 0.3) is 11.6 Å². The van der Waals surface area contributed by atoms with E-state index in [1.807, 2.05) is 0 Å². The van der Waals surface area contributed by atoms with E-state index in [9.17, 15) is 24.5 Å². The zero-order valence-corrected chi connectivity index (χ0v) is 17.9. The van der Waals surface area contributed by atoms with Crippen molar-refractivity contribution in [2.45, 2.75) is 6.92 Å². The molecule has 1 N–H and O–H groups in total. The van der Waals surface area contributed by atoms with Gasteiger partial charge in [0.15, 0.2) is 0 Å². The lowest BCUT2D eigenvalue weighted by Crippen LogP contribution is -2.15. The Hall–Kier alpha value is -4.05. The molecule has 0 bridgehead atoms. The van der Waals surface area contributed by atoms with E-state index in [4.69, 9.17) is 4.74 Å². The Labute approximate surface area is 186 Å². The van der Waals surface area contributed by atoms with E-state index in [1.165, 1.54) is 49.6 Å². The van der Waals surface area contributed by atoms with Crippen LogP contribution in [-0.4, -0.2) is 36.5 Å². The summed E-state index contributed by atoms with van der Waals surface area (Å²) in [5.41, 5.74) is 1.19. The highest BCUT2D eigenvalue weighted by atomic mass is 32.1. The Balaban J connectivity index is 1.99. The molecule has 3 rings (SSSR count). The van der Waals surface area contributed by atoms with Crippen molar-refractivity contribution in [1.29, 1.82) is 0 Å². The number of esters is 2. The molecule has 0 fully saturated rings. The fraction of sp³-hybridized carbons (Fsp3) is 0.136. The Morgan fingerprint density at radius 1 is 1.06 bits per heavy atom. The molecule has 0 aliphatic carbocycles. The Bertz CT molecular complexity index is 1200. The number of nitrogens with one attached hydrogen (secondary N) is 1. The number of hydrogen-bond acceptors (Lipinski definition) is 8. The second kappa shape index (κ2) is 9.84. The normalized spacial score (nSPS) is 10.3. The van der Waals surface area contributed by atoms with Crippen LogP contribution < -0.4 is 5.32 Å². The molecule has 0 radical (unpaired) electrons. The van der Waals surface area contributed by atoms with E-state index >= 15 is 0 Å². The number of hydrogen-bond donors (Lipinski definition) is 1. The smallest absolute Gasteiger partial charge is 0.341 e. The molecule has 0 aliphatic rings. The van der Waals surface area contributed by atoms with Crippen LogP contribution in [0.25, 0.3) is 11.1 Å². The zero-order valence-electron chi connectivity index (χ0n) is 17.1. The molecule has 9 nitrogen and oxygen atoms in total. The number of benzene rings is 2. The molecule has 0 saturated carbocycles. The van der Waals surface area contributed by atoms with E-state index in [1.54, 1.807) is 18.4 Å². The molecule has 1 amide bonds. The van der Waals surface area contributed by atoms with Crippen molar-refractivity contribution in [3.63, 3.8) is 0 Å². The van der Waals surface area contributed by atoms with Gasteiger partial charge in [-0.25, -0.2) is 9.59 Å². The number of anilines is 1. The van der Waals surface area contributed by atoms with Crippen molar-refractivity contribution in [2.75, 3.05) is 19.0 Å². The number of methoxy groups -OCH3 is 1. The van der Waals surface area contributed by atoms with Gasteiger partial charge in [0, 0.05) is 28.6 Å². The molecule has 0 unspecified atom stereocenters. The highest BCUT2D eigenvalue weighted by Crippen LogP contribution is 2.37. The summed E-state index contributed by atoms with van der Waals surface area (Å²) < 4.78 is 9.81. The van der Waals surface area contributed by atoms with Crippen LogP contribution in [0.1, 0.15) is 38.0 Å². The summed E-state index contributed by atoms with van der Waals surface area (Å²) in [7, 11) is 1.24. The van der Waals surface area contributed by atoms with Gasteiger partial charge in [-0.3, -0.25) is 14.9 Å². The summed E-state index contributed by atoms with van der Waals surface area (Å²) in [6.45, 7) is 1.76. The van der Waals surface area contributed by atoms with Crippen LogP contribution >= 0.6 is 11.3 Å². The third-order valence-corrected chi connectivity index (χ3v) is 5.31. The van der Waals surface area contributed by atoms with Gasteiger partial charge in [0.2, 0.25) is 0 Å². The summed E-state index contributed by atoms with van der Waals surface area (Å²) in [5, 5.41) is 15.6. The number of thiophene rings is 1. The number of carbonyl (C=O) groups excluding carboxylic acids is 3. The maximum Gasteiger partial charge on any atom is 0.341 e. The van der Waals surface area contributed by atoms with Crippen LogP contribution in [0.3, 0.4) is 0 Å². The van der Waals surface area contributed by atoms with Gasteiger partial charge < -0.3 is 14.8 Å². The van der Waals surface area contributed by atoms with Gasteiger partial charge in [-0.05, 0) is 30.7 Å². The Kier molecular flexibility index (Phi) is 6.96. The van der Waals surface area contributed by atoms with E-state index in [0.29, 0.717) is 11.1 Å². The van der Waals surface area contributed by atoms with Gasteiger partial charge in [-0.1, -0.05) is 18.2 Å². The first kappa shape index (κ1) is 22.6. The van der Waals surface area contributed by atoms with Gasteiger partial charge >= 0.3 is 11.9 Å². The number of non-ortho nitro benzene ring substituents is 1. The third kappa shape index (κ3) is 4.81. The number of nitrogens with zero attached hydrogens (tertiary/aromatic N) is 1. The Morgan fingerprint density at radius 2 is 1.78 bits per heavy atom. The molecule has 10 heteroatoms. The number of amides is 1. The zero-order chi connectivity index (χ0) is 23.3. The molecule has 0 saturated heterocycles. The summed E-state index contributed by atoms with van der Waals surface area (Å²) in [4.78, 5) is 47.8. The van der Waals surface area contributed by atoms with Crippen LogP contribution in [0.2, 0.25) is 0 Å². The number of nitro benzene ring substituents is 1. The lowest BCUT2D eigenvalue weighted by atomic mass is 10.0. The number of ether oxygens (including phenoxy) is 2. The van der Waals surface area contributed by atoms with Gasteiger partial charge in [0.05, 0.1) is 24.2 Å². The van der Waals surface area contributed by atoms with Crippen LogP contribution in [-0.2, 0) is 9.47 Å². The van der Waals surface area contributed by atoms with Crippen molar-refractivity contribution in [2.24, 2.45) is 0 Å². The van der Waals surface area contributed by atoms with E-state index in [0.717, 1.165) is 11.3 Å². The lowest BCUT2D eigenvalue weighted by Gasteiger charge is -2.09. The molecule has 1 heterocycles. The maximum atomic E-state index is 12.8. The predicted octanol–water partition coefficient (Wildman–Crippen LogP) is 4.54. The molecule has 0 aliphatic heterocycles. The first-order valence-corrected chi connectivity index (χ1v) is 10.3. The largest absolute Gasteiger partial charge is 0.465 e. The van der Waals surface area contributed by atoms with Crippen molar-refractivity contribution in [3.05, 3.63) is 80.7 Å². The van der Waals surface area contributed by atoms with Crippen LogP contribution in [0.4, 0.5) is 10.7 Å². The molecule has 164 valence electrons. The molecule has 3 aromatic rings. The number of carbonyl (C=O) groups is 3. The average Bonchev–Trinajstić information content (AvgIpc) is 3.22. The molecule has 1 aromatic heterocycles. The molecule has 0 spiro atoms. The summed E-state index contributed by atoms with van der Waals surface area (Å²) in [6.07, 6.45) is 0. The van der Waals surface area contributed by atoms with E-state index < -0.39 is 22.8 Å². The summed E-state index contributed by atoms with van der Waals surface area (Å²) in [5.74, 6) is -1.81. The summed E-state index contributed by atoms with van der Waals surface area (Å²) >= 11 is 1.08. The van der Waals surface area contributed by atoms with Crippen LogP contribution in [0.15, 0.2) is 53.9 Å². The quantitative estimate of drug-likeness (QED) is 0.316. The minimum absolute atomic E-state index is 0.0924. The van der Waals surface area contributed by atoms with E-state index in [-0.39, 0.29) is 34.0 Å². The standard InChI is InChI=1S/C22H18N2O7S/c1-3-31-22(27)18-17(13-6-5-9-16(11-13)24(28)29)12-32-20(18)23-19(25)14-7-4-8-15(10-14)21(26)30-2/h4-12H,3H2,1-2H3,(H,23,25). The van der Waals surface area contributed by atoms with E-state index in [2.05, 4.69) is 10.1 Å². The number of nitro groups is 1. The van der Waals surface area contributed by atoms with Crippen LogP contribution in [0.5, 0.6) is 0 Å². The van der Waals surface area contributed by atoms with Crippen LogP contribution in [0, 0.1) is 10.1 Å². The van der Waals surface area contributed by atoms with Gasteiger partial charge in [-0.15, -0.1) is 11.3 Å². The Morgan fingerprint density at radius 3 is 2.47 bits per heavy atom. The summed E-state index contributed by atoms with van der Waals surface area (Å²) in [6, 6.07) is 11.8. The molecular formula is C22H18N2O7S. The second-order valence-corrected chi connectivity index (χ2v) is 7.29. The van der Waals surface area contributed by atoms with Gasteiger partial charge in [-0.2, -0.15) is 0 Å². The first-order valence-electron chi connectivity index (χ1n) is 9.38. The molecule has 32 heavy (non-hydrogen) atoms. The monoisotopic (exact) mass is 454 g/mol.